The molecule has 0 unspecified atom stereocenters. The minimum atomic E-state index is -0.645. The van der Waals surface area contributed by atoms with Crippen molar-refractivity contribution in [3.8, 4) is 0 Å². The fourth-order valence-electron chi connectivity index (χ4n) is 5.18. The highest BCUT2D eigenvalue weighted by atomic mass is 35.5. The standard InChI is InChI=1S/C34H29Cl2N3O2/c1-22-30(33(40)37-28-19-11-9-17-26(28)35)32(25-15-7-4-8-16-25)31(34(41)38-29-20-12-10-18-27(29)36)23(2)39(22)21-24-13-5-3-6-14-24/h3-20,32H,21H2,1-2H3,(H,37,40)(H,38,41). The molecule has 4 aromatic rings. The Balaban J connectivity index is 1.67. The van der Waals surface area contributed by atoms with Crippen LogP contribution in [0, 0.1) is 0 Å². The first-order valence-electron chi connectivity index (χ1n) is 13.2. The number of benzene rings is 4. The molecule has 4 aromatic carbocycles. The van der Waals surface area contributed by atoms with Gasteiger partial charge >= 0.3 is 0 Å². The van der Waals surface area contributed by atoms with Gasteiger partial charge < -0.3 is 15.5 Å². The average molecular weight is 583 g/mol. The van der Waals surface area contributed by atoms with Gasteiger partial charge in [-0.1, -0.05) is 108 Å². The Hall–Kier alpha value is -4.32. The number of carbonyl (C=O) groups is 2. The molecule has 0 saturated carbocycles. The van der Waals surface area contributed by atoms with Gasteiger partial charge in [-0.2, -0.15) is 0 Å². The Morgan fingerprint density at radius 2 is 1.05 bits per heavy atom. The van der Waals surface area contributed by atoms with Crippen molar-refractivity contribution in [1.82, 2.24) is 4.90 Å². The van der Waals surface area contributed by atoms with Crippen molar-refractivity contribution < 1.29 is 9.59 Å². The van der Waals surface area contributed by atoms with E-state index in [1.54, 1.807) is 36.4 Å². The van der Waals surface area contributed by atoms with Crippen molar-refractivity contribution in [3.63, 3.8) is 0 Å². The van der Waals surface area contributed by atoms with Crippen LogP contribution in [-0.2, 0) is 16.1 Å². The van der Waals surface area contributed by atoms with Crippen LogP contribution in [0.5, 0.6) is 0 Å². The molecule has 1 aliphatic rings. The molecule has 1 aliphatic heterocycles. The van der Waals surface area contributed by atoms with Crippen LogP contribution in [0.4, 0.5) is 11.4 Å². The third-order valence-corrected chi connectivity index (χ3v) is 7.88. The zero-order valence-electron chi connectivity index (χ0n) is 22.7. The molecule has 0 radical (unpaired) electrons. The molecule has 0 aliphatic carbocycles. The molecule has 0 spiro atoms. The summed E-state index contributed by atoms with van der Waals surface area (Å²) in [6.07, 6.45) is 0. The third-order valence-electron chi connectivity index (χ3n) is 7.22. The maximum atomic E-state index is 14.2. The van der Waals surface area contributed by atoms with Crippen molar-refractivity contribution in [3.05, 3.63) is 153 Å². The van der Waals surface area contributed by atoms with Crippen LogP contribution in [0.3, 0.4) is 0 Å². The minimum Gasteiger partial charge on any atom is -0.344 e. The predicted octanol–water partition coefficient (Wildman–Crippen LogP) is 8.42. The second-order valence-electron chi connectivity index (χ2n) is 9.78. The molecule has 5 nitrogen and oxygen atoms in total. The van der Waals surface area contributed by atoms with E-state index in [1.807, 2.05) is 91.5 Å². The van der Waals surface area contributed by atoms with E-state index in [2.05, 4.69) is 10.6 Å². The van der Waals surface area contributed by atoms with Crippen molar-refractivity contribution >= 4 is 46.4 Å². The highest BCUT2D eigenvalue weighted by molar-refractivity contribution is 6.34. The first-order chi connectivity index (χ1) is 19.8. The molecule has 206 valence electrons. The van der Waals surface area contributed by atoms with Gasteiger partial charge in [-0.25, -0.2) is 0 Å². The van der Waals surface area contributed by atoms with Gasteiger partial charge in [0.2, 0.25) is 0 Å². The summed E-state index contributed by atoms with van der Waals surface area (Å²) in [5, 5.41) is 6.85. The van der Waals surface area contributed by atoms with Gasteiger partial charge in [0.05, 0.1) is 21.4 Å². The molecule has 0 saturated heterocycles. The summed E-state index contributed by atoms with van der Waals surface area (Å²) in [6, 6.07) is 33.7. The maximum absolute atomic E-state index is 14.2. The SMILES string of the molecule is CC1=C(C(=O)Nc2ccccc2Cl)C(c2ccccc2)C(C(=O)Nc2ccccc2Cl)=C(C)N1Cc1ccccc1. The Kier molecular flexibility index (Phi) is 8.58. The lowest BCUT2D eigenvalue weighted by atomic mass is 9.78. The molecule has 1 heterocycles. The number of para-hydroxylation sites is 2. The number of hydrogen-bond donors (Lipinski definition) is 2. The molecule has 0 atom stereocenters. The summed E-state index contributed by atoms with van der Waals surface area (Å²) >= 11 is 12.8. The van der Waals surface area contributed by atoms with E-state index >= 15 is 0 Å². The van der Waals surface area contributed by atoms with Gasteiger partial charge in [0.1, 0.15) is 0 Å². The van der Waals surface area contributed by atoms with Crippen LogP contribution in [0.25, 0.3) is 0 Å². The van der Waals surface area contributed by atoms with E-state index in [-0.39, 0.29) is 11.8 Å². The average Bonchev–Trinajstić information content (AvgIpc) is 2.98. The van der Waals surface area contributed by atoms with Crippen molar-refractivity contribution in [2.24, 2.45) is 0 Å². The molecule has 7 heteroatoms. The number of hydrogen-bond acceptors (Lipinski definition) is 3. The normalized spacial score (nSPS) is 13.8. The second kappa shape index (κ2) is 12.5. The van der Waals surface area contributed by atoms with Crippen LogP contribution >= 0.6 is 23.2 Å². The summed E-state index contributed by atoms with van der Waals surface area (Å²) in [5.74, 6) is -1.32. The number of rotatable bonds is 7. The lowest BCUT2D eigenvalue weighted by molar-refractivity contribution is -0.113. The zero-order valence-corrected chi connectivity index (χ0v) is 24.2. The van der Waals surface area contributed by atoms with E-state index in [9.17, 15) is 9.59 Å². The fraction of sp³-hybridized carbons (Fsp3) is 0.118. The van der Waals surface area contributed by atoms with Gasteiger partial charge in [-0.05, 0) is 49.2 Å². The van der Waals surface area contributed by atoms with Crippen LogP contribution < -0.4 is 10.6 Å². The number of allylic oxidation sites excluding steroid dienone is 2. The highest BCUT2D eigenvalue weighted by Gasteiger charge is 2.39. The van der Waals surface area contributed by atoms with Crippen molar-refractivity contribution in [2.75, 3.05) is 10.6 Å². The molecular weight excluding hydrogens is 553 g/mol. The number of nitrogens with one attached hydrogen (secondary N) is 2. The third kappa shape index (κ3) is 6.07. The van der Waals surface area contributed by atoms with E-state index in [0.29, 0.717) is 39.1 Å². The van der Waals surface area contributed by atoms with E-state index < -0.39 is 5.92 Å². The predicted molar refractivity (Wildman–Crippen MR) is 167 cm³/mol. The summed E-state index contributed by atoms with van der Waals surface area (Å²) < 4.78 is 0. The summed E-state index contributed by atoms with van der Waals surface area (Å²) in [6.45, 7) is 4.32. The van der Waals surface area contributed by atoms with E-state index in [0.717, 1.165) is 22.5 Å². The van der Waals surface area contributed by atoms with Gasteiger partial charge in [0.15, 0.2) is 0 Å². The van der Waals surface area contributed by atoms with Crippen LogP contribution in [0.1, 0.15) is 30.9 Å². The number of nitrogens with zero attached hydrogens (tertiary/aromatic N) is 1. The first-order valence-corrected chi connectivity index (χ1v) is 14.0. The quantitative estimate of drug-likeness (QED) is 0.230. The lowest BCUT2D eigenvalue weighted by Crippen LogP contribution is -2.37. The van der Waals surface area contributed by atoms with Crippen molar-refractivity contribution in [1.29, 1.82) is 0 Å². The lowest BCUT2D eigenvalue weighted by Gasteiger charge is -2.38. The second-order valence-corrected chi connectivity index (χ2v) is 10.6. The molecular formula is C34H29Cl2N3O2. The van der Waals surface area contributed by atoms with Crippen LogP contribution in [-0.4, -0.2) is 16.7 Å². The molecule has 0 bridgehead atoms. The minimum absolute atomic E-state index is 0.335. The smallest absolute Gasteiger partial charge is 0.254 e. The number of halogens is 2. The zero-order chi connectivity index (χ0) is 28.9. The van der Waals surface area contributed by atoms with Gasteiger partial charge in [0, 0.05) is 35.0 Å². The summed E-state index contributed by atoms with van der Waals surface area (Å²) in [5.41, 5.74) is 5.27. The molecule has 2 N–H and O–H groups in total. The Bertz CT molecular complexity index is 1570. The monoisotopic (exact) mass is 581 g/mol. The summed E-state index contributed by atoms with van der Waals surface area (Å²) in [4.78, 5) is 30.4. The van der Waals surface area contributed by atoms with Gasteiger partial charge in [-0.3, -0.25) is 9.59 Å². The number of carbonyl (C=O) groups excluding carboxylic acids is 2. The number of amides is 2. The Morgan fingerprint density at radius 3 is 1.51 bits per heavy atom. The molecule has 2 amide bonds. The Labute approximate surface area is 250 Å². The number of anilines is 2. The fourth-order valence-corrected chi connectivity index (χ4v) is 5.55. The van der Waals surface area contributed by atoms with E-state index in [1.165, 1.54) is 0 Å². The molecule has 0 aromatic heterocycles. The largest absolute Gasteiger partial charge is 0.344 e. The maximum Gasteiger partial charge on any atom is 0.254 e. The molecule has 0 fully saturated rings. The molecule has 41 heavy (non-hydrogen) atoms. The Morgan fingerprint density at radius 1 is 0.634 bits per heavy atom. The van der Waals surface area contributed by atoms with Gasteiger partial charge in [-0.15, -0.1) is 0 Å². The van der Waals surface area contributed by atoms with Gasteiger partial charge in [0.25, 0.3) is 11.8 Å². The topological polar surface area (TPSA) is 61.4 Å². The van der Waals surface area contributed by atoms with Crippen LogP contribution in [0.15, 0.2) is 132 Å². The first kappa shape index (κ1) is 28.2. The summed E-state index contributed by atoms with van der Waals surface area (Å²) in [7, 11) is 0. The van der Waals surface area contributed by atoms with Crippen molar-refractivity contribution in [2.45, 2.75) is 26.3 Å². The molecule has 5 rings (SSSR count). The highest BCUT2D eigenvalue weighted by Crippen LogP contribution is 2.43. The van der Waals surface area contributed by atoms with E-state index in [4.69, 9.17) is 23.2 Å². The van der Waals surface area contributed by atoms with Crippen LogP contribution in [0.2, 0.25) is 10.0 Å².